The Morgan fingerprint density at radius 1 is 0.833 bits per heavy atom. The van der Waals surface area contributed by atoms with Crippen molar-refractivity contribution in [3.63, 3.8) is 0 Å². The highest BCUT2D eigenvalue weighted by atomic mass is 35.5. The van der Waals surface area contributed by atoms with E-state index in [0.29, 0.717) is 16.3 Å². The van der Waals surface area contributed by atoms with Crippen molar-refractivity contribution >= 4 is 44.7 Å². The van der Waals surface area contributed by atoms with Gasteiger partial charge in [-0.1, -0.05) is 72.3 Å². The number of nitrogens with one attached hydrogen (secondary N) is 1. The third-order valence-corrected chi connectivity index (χ3v) is 7.47. The number of sulfonamides is 1. The van der Waals surface area contributed by atoms with Crippen LogP contribution in [-0.2, 0) is 14.8 Å². The Bertz CT molecular complexity index is 1510. The van der Waals surface area contributed by atoms with Crippen LogP contribution in [0.4, 0.5) is 11.4 Å². The van der Waals surface area contributed by atoms with Crippen LogP contribution in [0.2, 0.25) is 5.02 Å². The molecule has 0 saturated carbocycles. The Labute approximate surface area is 215 Å². The van der Waals surface area contributed by atoms with Crippen LogP contribution in [0.15, 0.2) is 108 Å². The van der Waals surface area contributed by atoms with Gasteiger partial charge in [-0.05, 0) is 55.0 Å². The standard InChI is InChI=1S/C28H23ClN2O4S/c1-20-9-8-12-23(17-20)31(36(34,35)24-13-6-3-7-14-24)19-27(32)30-26-16-15-22(29)18-25(26)28(33)21-10-4-2-5-11-21/h2-18H,19H2,1H3,(H,30,32). The molecule has 0 fully saturated rings. The van der Waals surface area contributed by atoms with Crippen molar-refractivity contribution in [1.29, 1.82) is 0 Å². The largest absolute Gasteiger partial charge is 0.324 e. The Hall–Kier alpha value is -3.94. The summed E-state index contributed by atoms with van der Waals surface area (Å²) in [6.45, 7) is 1.34. The van der Waals surface area contributed by atoms with Gasteiger partial charge in [0.25, 0.3) is 10.0 Å². The number of nitrogens with zero attached hydrogens (tertiary/aromatic N) is 1. The van der Waals surface area contributed by atoms with Gasteiger partial charge in [-0.2, -0.15) is 0 Å². The zero-order valence-electron chi connectivity index (χ0n) is 19.4. The number of rotatable bonds is 8. The Morgan fingerprint density at radius 3 is 2.17 bits per heavy atom. The van der Waals surface area contributed by atoms with Crippen LogP contribution in [0.3, 0.4) is 0 Å². The molecular formula is C28H23ClN2O4S. The van der Waals surface area contributed by atoms with E-state index < -0.39 is 22.5 Å². The van der Waals surface area contributed by atoms with Gasteiger partial charge in [0.05, 0.1) is 16.3 Å². The van der Waals surface area contributed by atoms with Gasteiger partial charge < -0.3 is 5.32 Å². The second kappa shape index (κ2) is 10.8. The predicted octanol–water partition coefficient (Wildman–Crippen LogP) is 5.71. The fourth-order valence-corrected chi connectivity index (χ4v) is 5.30. The van der Waals surface area contributed by atoms with Gasteiger partial charge in [-0.3, -0.25) is 13.9 Å². The summed E-state index contributed by atoms with van der Waals surface area (Å²) in [4.78, 5) is 26.4. The number of carbonyl (C=O) groups excluding carboxylic acids is 2. The minimum atomic E-state index is -4.05. The highest BCUT2D eigenvalue weighted by Crippen LogP contribution is 2.26. The lowest BCUT2D eigenvalue weighted by Gasteiger charge is -2.24. The molecule has 6 nitrogen and oxygen atoms in total. The SMILES string of the molecule is Cc1cccc(N(CC(=O)Nc2ccc(Cl)cc2C(=O)c2ccccc2)S(=O)(=O)c2ccccc2)c1. The molecule has 0 aliphatic carbocycles. The summed E-state index contributed by atoms with van der Waals surface area (Å²) >= 11 is 6.14. The molecule has 0 aliphatic heterocycles. The number of benzene rings is 4. The second-order valence-electron chi connectivity index (χ2n) is 8.10. The van der Waals surface area contributed by atoms with Crippen molar-refractivity contribution < 1.29 is 18.0 Å². The van der Waals surface area contributed by atoms with E-state index in [-0.39, 0.29) is 21.9 Å². The van der Waals surface area contributed by atoms with E-state index in [9.17, 15) is 18.0 Å². The minimum Gasteiger partial charge on any atom is -0.324 e. The summed E-state index contributed by atoms with van der Waals surface area (Å²) in [5.74, 6) is -0.929. The molecule has 4 rings (SSSR count). The van der Waals surface area contributed by atoms with E-state index >= 15 is 0 Å². The lowest BCUT2D eigenvalue weighted by Crippen LogP contribution is -2.38. The number of amides is 1. The van der Waals surface area contributed by atoms with E-state index in [1.807, 2.05) is 13.0 Å². The molecule has 4 aromatic rings. The molecule has 0 heterocycles. The Kier molecular flexibility index (Phi) is 7.52. The molecule has 0 unspecified atom stereocenters. The summed E-state index contributed by atoms with van der Waals surface area (Å²) in [6.07, 6.45) is 0. The lowest BCUT2D eigenvalue weighted by molar-refractivity contribution is -0.114. The van der Waals surface area contributed by atoms with E-state index in [4.69, 9.17) is 11.6 Å². The van der Waals surface area contributed by atoms with E-state index in [0.717, 1.165) is 9.87 Å². The number of ketones is 1. The number of aryl methyl sites for hydroxylation is 1. The summed E-state index contributed by atoms with van der Waals surface area (Å²) in [6, 6.07) is 28.0. The van der Waals surface area contributed by atoms with Crippen LogP contribution in [0.5, 0.6) is 0 Å². The average Bonchev–Trinajstić information content (AvgIpc) is 2.89. The van der Waals surface area contributed by atoms with Gasteiger partial charge in [-0.25, -0.2) is 8.42 Å². The number of hydrogen-bond donors (Lipinski definition) is 1. The van der Waals surface area contributed by atoms with Crippen LogP contribution < -0.4 is 9.62 Å². The van der Waals surface area contributed by atoms with Crippen molar-refractivity contribution in [2.24, 2.45) is 0 Å². The van der Waals surface area contributed by atoms with Crippen molar-refractivity contribution in [2.45, 2.75) is 11.8 Å². The third-order valence-electron chi connectivity index (χ3n) is 5.44. The molecule has 0 aliphatic rings. The predicted molar refractivity (Wildman–Crippen MR) is 142 cm³/mol. The van der Waals surface area contributed by atoms with Crippen molar-refractivity contribution in [3.8, 4) is 0 Å². The first-order valence-corrected chi connectivity index (χ1v) is 12.9. The molecule has 0 atom stereocenters. The fraction of sp³-hybridized carbons (Fsp3) is 0.0714. The normalized spacial score (nSPS) is 11.1. The van der Waals surface area contributed by atoms with Crippen LogP contribution >= 0.6 is 11.6 Å². The monoisotopic (exact) mass is 518 g/mol. The average molecular weight is 519 g/mol. The molecule has 1 N–H and O–H groups in total. The smallest absolute Gasteiger partial charge is 0.264 e. The van der Waals surface area contributed by atoms with E-state index in [1.165, 1.54) is 24.3 Å². The van der Waals surface area contributed by atoms with Crippen LogP contribution in [0.25, 0.3) is 0 Å². The second-order valence-corrected chi connectivity index (χ2v) is 10.4. The van der Waals surface area contributed by atoms with E-state index in [2.05, 4.69) is 5.32 Å². The van der Waals surface area contributed by atoms with Gasteiger partial charge in [0.15, 0.2) is 5.78 Å². The van der Waals surface area contributed by atoms with Gasteiger partial charge in [-0.15, -0.1) is 0 Å². The van der Waals surface area contributed by atoms with Gasteiger partial charge in [0, 0.05) is 16.1 Å². The van der Waals surface area contributed by atoms with Gasteiger partial charge in [0.1, 0.15) is 6.54 Å². The molecule has 36 heavy (non-hydrogen) atoms. The maximum atomic E-state index is 13.5. The summed E-state index contributed by atoms with van der Waals surface area (Å²) in [7, 11) is -4.05. The zero-order chi connectivity index (χ0) is 25.7. The highest BCUT2D eigenvalue weighted by Gasteiger charge is 2.28. The van der Waals surface area contributed by atoms with Crippen molar-refractivity contribution in [1.82, 2.24) is 0 Å². The van der Waals surface area contributed by atoms with Crippen molar-refractivity contribution in [3.05, 3.63) is 125 Å². The molecule has 0 aromatic heterocycles. The molecule has 0 radical (unpaired) electrons. The number of anilines is 2. The Balaban J connectivity index is 1.67. The van der Waals surface area contributed by atoms with Gasteiger partial charge in [0.2, 0.25) is 5.91 Å². The molecule has 0 saturated heterocycles. The fourth-order valence-electron chi connectivity index (χ4n) is 3.70. The lowest BCUT2D eigenvalue weighted by atomic mass is 10.0. The molecule has 1 amide bonds. The summed E-state index contributed by atoms with van der Waals surface area (Å²) < 4.78 is 28.1. The molecular weight excluding hydrogens is 496 g/mol. The van der Waals surface area contributed by atoms with Crippen LogP contribution in [-0.4, -0.2) is 26.7 Å². The third kappa shape index (κ3) is 5.64. The summed E-state index contributed by atoms with van der Waals surface area (Å²) in [5, 5.41) is 3.04. The first-order valence-electron chi connectivity index (χ1n) is 11.1. The molecule has 4 aromatic carbocycles. The van der Waals surface area contributed by atoms with Crippen LogP contribution in [0, 0.1) is 6.92 Å². The number of halogens is 1. The zero-order valence-corrected chi connectivity index (χ0v) is 21.0. The quantitative estimate of drug-likeness (QED) is 0.303. The first-order chi connectivity index (χ1) is 17.3. The molecule has 182 valence electrons. The number of carbonyl (C=O) groups is 2. The van der Waals surface area contributed by atoms with Crippen LogP contribution in [0.1, 0.15) is 21.5 Å². The summed E-state index contributed by atoms with van der Waals surface area (Å²) in [5.41, 5.74) is 2.07. The van der Waals surface area contributed by atoms with Gasteiger partial charge >= 0.3 is 0 Å². The minimum absolute atomic E-state index is 0.0609. The molecule has 8 heteroatoms. The Morgan fingerprint density at radius 2 is 1.50 bits per heavy atom. The topological polar surface area (TPSA) is 83.6 Å². The maximum Gasteiger partial charge on any atom is 0.264 e. The molecule has 0 bridgehead atoms. The van der Waals surface area contributed by atoms with Crippen molar-refractivity contribution in [2.75, 3.05) is 16.2 Å². The van der Waals surface area contributed by atoms with E-state index in [1.54, 1.807) is 72.8 Å². The highest BCUT2D eigenvalue weighted by molar-refractivity contribution is 7.92. The molecule has 0 spiro atoms. The maximum absolute atomic E-state index is 13.5. The number of hydrogen-bond acceptors (Lipinski definition) is 4. The first kappa shape index (κ1) is 25.2.